The van der Waals surface area contributed by atoms with Gasteiger partial charge in [-0.05, 0) is 72.9 Å². The lowest BCUT2D eigenvalue weighted by Gasteiger charge is -2.38. The number of anilines is 1. The van der Waals surface area contributed by atoms with Crippen LogP contribution in [0.5, 0.6) is 0 Å². The maximum atomic E-state index is 13.4. The average molecular weight is 447 g/mol. The van der Waals surface area contributed by atoms with Crippen LogP contribution in [0.2, 0.25) is 0 Å². The molecule has 2 aromatic rings. The molecule has 5 rings (SSSR count). The fourth-order valence-corrected chi connectivity index (χ4v) is 5.53. The number of carbonyl (C=O) groups is 2. The minimum atomic E-state index is -0.00982. The first-order valence-electron chi connectivity index (χ1n) is 12.2. The molecule has 1 saturated carbocycles. The van der Waals surface area contributed by atoms with Crippen LogP contribution in [0.4, 0.5) is 5.69 Å². The zero-order valence-electron chi connectivity index (χ0n) is 19.9. The second kappa shape index (κ2) is 8.47. The Bertz CT molecular complexity index is 1040. The molecule has 1 aromatic heterocycles. The molecule has 1 saturated heterocycles. The molecule has 2 fully saturated rings. The SMILES string of the molecule is CN(C(=O)c1ccc2c(c1)C(NC(=O)C1CC1)CC2(C)C)C1CCN(c2ccncc2)CC1. The summed E-state index contributed by atoms with van der Waals surface area (Å²) in [7, 11) is 1.93. The van der Waals surface area contributed by atoms with Gasteiger partial charge in [-0.2, -0.15) is 0 Å². The van der Waals surface area contributed by atoms with Gasteiger partial charge >= 0.3 is 0 Å². The monoisotopic (exact) mass is 446 g/mol. The van der Waals surface area contributed by atoms with Gasteiger partial charge in [-0.3, -0.25) is 14.6 Å². The first kappa shape index (κ1) is 21.9. The first-order valence-corrected chi connectivity index (χ1v) is 12.2. The van der Waals surface area contributed by atoms with Crippen molar-refractivity contribution in [3.05, 3.63) is 59.4 Å². The lowest BCUT2D eigenvalue weighted by atomic mass is 9.86. The van der Waals surface area contributed by atoms with Gasteiger partial charge in [-0.25, -0.2) is 0 Å². The van der Waals surface area contributed by atoms with Gasteiger partial charge in [-0.15, -0.1) is 0 Å². The number of hydrogen-bond donors (Lipinski definition) is 1. The van der Waals surface area contributed by atoms with Crippen molar-refractivity contribution in [2.75, 3.05) is 25.0 Å². The minimum Gasteiger partial charge on any atom is -0.371 e. The van der Waals surface area contributed by atoms with E-state index in [0.717, 1.165) is 56.3 Å². The molecule has 33 heavy (non-hydrogen) atoms. The highest BCUT2D eigenvalue weighted by Crippen LogP contribution is 2.45. The van der Waals surface area contributed by atoms with Crippen molar-refractivity contribution in [1.82, 2.24) is 15.2 Å². The maximum absolute atomic E-state index is 13.4. The number of pyridine rings is 1. The number of carbonyl (C=O) groups excluding carboxylic acids is 2. The Morgan fingerprint density at radius 2 is 1.76 bits per heavy atom. The predicted molar refractivity (Wildman–Crippen MR) is 129 cm³/mol. The Hall–Kier alpha value is -2.89. The summed E-state index contributed by atoms with van der Waals surface area (Å²) < 4.78 is 0. The number of nitrogens with one attached hydrogen (secondary N) is 1. The highest BCUT2D eigenvalue weighted by atomic mass is 16.2. The van der Waals surface area contributed by atoms with Gasteiger partial charge in [-0.1, -0.05) is 19.9 Å². The van der Waals surface area contributed by atoms with E-state index in [2.05, 4.69) is 35.1 Å². The third-order valence-electron chi connectivity index (χ3n) is 7.74. The van der Waals surface area contributed by atoms with Crippen molar-refractivity contribution in [3.63, 3.8) is 0 Å². The van der Waals surface area contributed by atoms with Gasteiger partial charge in [0, 0.05) is 55.7 Å². The van der Waals surface area contributed by atoms with E-state index in [1.54, 1.807) is 0 Å². The largest absolute Gasteiger partial charge is 0.371 e. The molecule has 6 nitrogen and oxygen atoms in total. The smallest absolute Gasteiger partial charge is 0.253 e. The third kappa shape index (κ3) is 4.35. The number of piperidine rings is 1. The van der Waals surface area contributed by atoms with Crippen LogP contribution >= 0.6 is 0 Å². The summed E-state index contributed by atoms with van der Waals surface area (Å²) in [5.41, 5.74) is 4.26. The first-order chi connectivity index (χ1) is 15.8. The fourth-order valence-electron chi connectivity index (χ4n) is 5.53. The van der Waals surface area contributed by atoms with Crippen LogP contribution in [0.15, 0.2) is 42.7 Å². The number of nitrogens with zero attached hydrogens (tertiary/aromatic N) is 3. The van der Waals surface area contributed by atoms with Crippen molar-refractivity contribution in [2.24, 2.45) is 5.92 Å². The molecule has 0 radical (unpaired) electrons. The Morgan fingerprint density at radius 3 is 2.42 bits per heavy atom. The van der Waals surface area contributed by atoms with E-state index in [0.29, 0.717) is 0 Å². The van der Waals surface area contributed by atoms with Crippen LogP contribution in [0.3, 0.4) is 0 Å². The van der Waals surface area contributed by atoms with Gasteiger partial charge in [0.15, 0.2) is 0 Å². The Labute approximate surface area is 196 Å². The van der Waals surface area contributed by atoms with Crippen molar-refractivity contribution in [3.8, 4) is 0 Å². The molecule has 3 aliphatic rings. The fraction of sp³-hybridized carbons (Fsp3) is 0.519. The number of hydrogen-bond acceptors (Lipinski definition) is 4. The highest BCUT2D eigenvalue weighted by molar-refractivity contribution is 5.94. The van der Waals surface area contributed by atoms with Crippen LogP contribution in [-0.4, -0.2) is 47.9 Å². The standard InChI is InChI=1S/C27H34N4O2/c1-27(2)17-24(29-25(32)18-4-5-18)22-16-19(6-7-23(22)27)26(33)30(3)20-10-14-31(15-11-20)21-8-12-28-13-9-21/h6-9,12-13,16,18,20,24H,4-5,10-11,14-15,17H2,1-3H3,(H,29,32). The number of amides is 2. The van der Waals surface area contributed by atoms with Crippen LogP contribution in [0, 0.1) is 5.92 Å². The molecule has 174 valence electrons. The van der Waals surface area contributed by atoms with E-state index >= 15 is 0 Å². The topological polar surface area (TPSA) is 65.5 Å². The molecule has 0 spiro atoms. The number of aromatic nitrogens is 1. The molecule has 1 aliphatic heterocycles. The third-order valence-corrected chi connectivity index (χ3v) is 7.74. The van der Waals surface area contributed by atoms with Gasteiger partial charge in [0.05, 0.1) is 6.04 Å². The summed E-state index contributed by atoms with van der Waals surface area (Å²) in [5, 5.41) is 3.26. The van der Waals surface area contributed by atoms with Crippen molar-refractivity contribution in [1.29, 1.82) is 0 Å². The number of rotatable bonds is 5. The molecule has 1 atom stereocenters. The molecular weight excluding hydrogens is 412 g/mol. The van der Waals surface area contributed by atoms with E-state index in [-0.39, 0.29) is 35.2 Å². The predicted octanol–water partition coefficient (Wildman–Crippen LogP) is 4.07. The van der Waals surface area contributed by atoms with E-state index in [1.807, 2.05) is 48.6 Å². The Kier molecular flexibility index (Phi) is 5.63. The molecule has 0 bridgehead atoms. The summed E-state index contributed by atoms with van der Waals surface area (Å²) in [6, 6.07) is 10.4. The summed E-state index contributed by atoms with van der Waals surface area (Å²) >= 11 is 0. The van der Waals surface area contributed by atoms with Crippen molar-refractivity contribution >= 4 is 17.5 Å². The van der Waals surface area contributed by atoms with Gasteiger partial charge in [0.25, 0.3) is 5.91 Å². The quantitative estimate of drug-likeness (QED) is 0.752. The van der Waals surface area contributed by atoms with Gasteiger partial charge in [0.1, 0.15) is 0 Å². The van der Waals surface area contributed by atoms with Crippen molar-refractivity contribution < 1.29 is 9.59 Å². The second-order valence-corrected chi connectivity index (χ2v) is 10.6. The van der Waals surface area contributed by atoms with Crippen LogP contribution < -0.4 is 10.2 Å². The van der Waals surface area contributed by atoms with E-state index in [4.69, 9.17) is 0 Å². The number of benzene rings is 1. The minimum absolute atomic E-state index is 0.00948. The summed E-state index contributed by atoms with van der Waals surface area (Å²) in [5.74, 6) is 0.418. The summed E-state index contributed by atoms with van der Waals surface area (Å²) in [4.78, 5) is 34.3. The van der Waals surface area contributed by atoms with Crippen LogP contribution in [0.25, 0.3) is 0 Å². The van der Waals surface area contributed by atoms with Gasteiger partial charge in [0.2, 0.25) is 5.91 Å². The van der Waals surface area contributed by atoms with Crippen molar-refractivity contribution in [2.45, 2.75) is 63.5 Å². The Balaban J connectivity index is 1.28. The molecule has 1 unspecified atom stereocenters. The van der Waals surface area contributed by atoms with E-state index in [1.165, 1.54) is 11.3 Å². The van der Waals surface area contributed by atoms with Crippen LogP contribution in [-0.2, 0) is 10.2 Å². The zero-order chi connectivity index (χ0) is 23.2. The van der Waals surface area contributed by atoms with Crippen LogP contribution in [0.1, 0.15) is 73.5 Å². The molecule has 2 amide bonds. The molecule has 2 heterocycles. The second-order valence-electron chi connectivity index (χ2n) is 10.6. The lowest BCUT2D eigenvalue weighted by molar-refractivity contribution is -0.123. The summed E-state index contributed by atoms with van der Waals surface area (Å²) in [6.45, 7) is 6.30. The van der Waals surface area contributed by atoms with Gasteiger partial charge < -0.3 is 15.1 Å². The lowest BCUT2D eigenvalue weighted by Crippen LogP contribution is -2.45. The molecular formula is C27H34N4O2. The highest BCUT2D eigenvalue weighted by Gasteiger charge is 2.40. The molecule has 1 N–H and O–H groups in total. The number of fused-ring (bicyclic) bond motifs is 1. The molecule has 2 aliphatic carbocycles. The summed E-state index contributed by atoms with van der Waals surface area (Å²) in [6.07, 6.45) is 8.42. The zero-order valence-corrected chi connectivity index (χ0v) is 19.9. The maximum Gasteiger partial charge on any atom is 0.253 e. The molecule has 1 aromatic carbocycles. The average Bonchev–Trinajstić information content (AvgIpc) is 3.65. The van der Waals surface area contributed by atoms with E-state index < -0.39 is 0 Å². The Morgan fingerprint density at radius 1 is 1.06 bits per heavy atom. The normalized spacial score (nSPS) is 22.0. The molecule has 6 heteroatoms. The van der Waals surface area contributed by atoms with E-state index in [9.17, 15) is 9.59 Å².